The van der Waals surface area contributed by atoms with Crippen LogP contribution in [0.15, 0.2) is 42.5 Å². The maximum Gasteiger partial charge on any atom is 0.257 e. The van der Waals surface area contributed by atoms with Crippen LogP contribution in [0.1, 0.15) is 12.8 Å². The molecule has 5 heteroatoms. The number of benzene rings is 2. The van der Waals surface area contributed by atoms with Gasteiger partial charge < -0.3 is 20.1 Å². The molecular formula is C20H26N2O3. The van der Waals surface area contributed by atoms with E-state index in [-0.39, 0.29) is 17.9 Å². The van der Waals surface area contributed by atoms with E-state index in [9.17, 15) is 4.79 Å². The Balaban J connectivity index is 1.51. The Morgan fingerprint density at radius 2 is 1.92 bits per heavy atom. The van der Waals surface area contributed by atoms with E-state index in [1.807, 2.05) is 36.4 Å². The van der Waals surface area contributed by atoms with Crippen molar-refractivity contribution in [3.05, 3.63) is 42.5 Å². The highest BCUT2D eigenvalue weighted by Gasteiger charge is 2.32. The topological polar surface area (TPSA) is 59.6 Å². The minimum absolute atomic E-state index is 0.0264. The second-order valence-corrected chi connectivity index (χ2v) is 6.76. The molecule has 1 aliphatic heterocycles. The Morgan fingerprint density at radius 3 is 2.68 bits per heavy atom. The summed E-state index contributed by atoms with van der Waals surface area (Å²) in [4.78, 5) is 12.2. The van der Waals surface area contributed by atoms with E-state index in [0.29, 0.717) is 18.9 Å². The van der Waals surface area contributed by atoms with Crippen molar-refractivity contribution in [1.82, 2.24) is 10.6 Å². The number of nitrogens with one attached hydrogen (secondary N) is 2. The highest BCUT2D eigenvalue weighted by Crippen LogP contribution is 2.28. The van der Waals surface area contributed by atoms with Crippen LogP contribution >= 0.6 is 0 Å². The summed E-state index contributed by atoms with van der Waals surface area (Å²) in [6, 6.07) is 14.0. The van der Waals surface area contributed by atoms with Gasteiger partial charge in [0.2, 0.25) is 0 Å². The minimum atomic E-state index is -0.0952. The quantitative estimate of drug-likeness (QED) is 0.811. The van der Waals surface area contributed by atoms with E-state index >= 15 is 0 Å². The molecule has 0 spiro atoms. The lowest BCUT2D eigenvalue weighted by Crippen LogP contribution is -2.47. The fourth-order valence-electron chi connectivity index (χ4n) is 3.38. The molecule has 1 fully saturated rings. The van der Waals surface area contributed by atoms with Crippen molar-refractivity contribution in [2.24, 2.45) is 5.41 Å². The highest BCUT2D eigenvalue weighted by molar-refractivity contribution is 5.84. The summed E-state index contributed by atoms with van der Waals surface area (Å²) in [5.74, 6) is 0.615. The number of hydrogen-bond acceptors (Lipinski definition) is 4. The van der Waals surface area contributed by atoms with Crippen LogP contribution in [-0.4, -0.2) is 45.9 Å². The summed E-state index contributed by atoms with van der Waals surface area (Å²) < 4.78 is 11.0. The normalized spacial score (nSPS) is 16.5. The molecule has 1 amide bonds. The molecule has 2 N–H and O–H groups in total. The summed E-state index contributed by atoms with van der Waals surface area (Å²) in [5, 5.41) is 8.63. The number of hydrogen-bond donors (Lipinski definition) is 2. The molecule has 5 nitrogen and oxygen atoms in total. The second-order valence-electron chi connectivity index (χ2n) is 6.76. The third kappa shape index (κ3) is 4.71. The molecule has 0 radical (unpaired) electrons. The van der Waals surface area contributed by atoms with Crippen LogP contribution in [0.5, 0.6) is 5.75 Å². The zero-order chi connectivity index (χ0) is 17.5. The third-order valence-corrected chi connectivity index (χ3v) is 4.87. The molecule has 0 saturated carbocycles. The molecular weight excluding hydrogens is 316 g/mol. The monoisotopic (exact) mass is 342 g/mol. The van der Waals surface area contributed by atoms with Crippen LogP contribution < -0.4 is 15.4 Å². The minimum Gasteiger partial charge on any atom is -0.484 e. The lowest BCUT2D eigenvalue weighted by atomic mass is 9.79. The Hall–Kier alpha value is -2.11. The Kier molecular flexibility index (Phi) is 5.89. The van der Waals surface area contributed by atoms with Gasteiger partial charge in [-0.3, -0.25) is 4.79 Å². The Morgan fingerprint density at radius 1 is 1.16 bits per heavy atom. The van der Waals surface area contributed by atoms with E-state index in [2.05, 4.69) is 16.7 Å². The molecule has 1 aliphatic rings. The fraction of sp³-hybridized carbons (Fsp3) is 0.450. The molecule has 3 rings (SSSR count). The standard InChI is InChI=1S/C20H26N2O3/c1-24-15-20(8-10-21-11-9-20)14-22-19(23)13-25-18-7-6-16-4-2-3-5-17(16)12-18/h2-7,12,21H,8-11,13-15H2,1H3,(H,22,23). The number of ether oxygens (including phenoxy) is 2. The van der Waals surface area contributed by atoms with E-state index in [0.717, 1.165) is 36.7 Å². The average Bonchev–Trinajstić information content (AvgIpc) is 2.65. The van der Waals surface area contributed by atoms with Crippen LogP contribution in [0.4, 0.5) is 0 Å². The van der Waals surface area contributed by atoms with Gasteiger partial charge in [-0.2, -0.15) is 0 Å². The van der Waals surface area contributed by atoms with Gasteiger partial charge in [0, 0.05) is 19.1 Å². The summed E-state index contributed by atoms with van der Waals surface area (Å²) in [7, 11) is 1.72. The zero-order valence-electron chi connectivity index (χ0n) is 14.7. The van der Waals surface area contributed by atoms with Gasteiger partial charge in [-0.1, -0.05) is 30.3 Å². The van der Waals surface area contributed by atoms with Crippen molar-refractivity contribution in [2.45, 2.75) is 12.8 Å². The number of fused-ring (bicyclic) bond motifs is 1. The lowest BCUT2D eigenvalue weighted by Gasteiger charge is -2.37. The highest BCUT2D eigenvalue weighted by atomic mass is 16.5. The van der Waals surface area contributed by atoms with Gasteiger partial charge in [0.05, 0.1) is 6.61 Å². The van der Waals surface area contributed by atoms with Crippen molar-refractivity contribution < 1.29 is 14.3 Å². The fourth-order valence-corrected chi connectivity index (χ4v) is 3.38. The molecule has 1 saturated heterocycles. The van der Waals surface area contributed by atoms with E-state index in [4.69, 9.17) is 9.47 Å². The van der Waals surface area contributed by atoms with Gasteiger partial charge in [-0.15, -0.1) is 0 Å². The van der Waals surface area contributed by atoms with Gasteiger partial charge in [-0.05, 0) is 48.8 Å². The number of rotatable bonds is 7. The molecule has 0 aromatic heterocycles. The largest absolute Gasteiger partial charge is 0.484 e. The molecule has 25 heavy (non-hydrogen) atoms. The number of piperidine rings is 1. The van der Waals surface area contributed by atoms with Gasteiger partial charge in [-0.25, -0.2) is 0 Å². The first-order chi connectivity index (χ1) is 12.2. The maximum atomic E-state index is 12.2. The van der Waals surface area contributed by atoms with Crippen LogP contribution in [0.2, 0.25) is 0 Å². The van der Waals surface area contributed by atoms with Crippen molar-refractivity contribution >= 4 is 16.7 Å². The lowest BCUT2D eigenvalue weighted by molar-refractivity contribution is -0.124. The molecule has 2 aromatic carbocycles. The third-order valence-electron chi connectivity index (χ3n) is 4.87. The number of amides is 1. The van der Waals surface area contributed by atoms with E-state index < -0.39 is 0 Å². The van der Waals surface area contributed by atoms with Gasteiger partial charge in [0.1, 0.15) is 5.75 Å². The molecule has 0 aliphatic carbocycles. The first kappa shape index (κ1) is 17.7. The van der Waals surface area contributed by atoms with Gasteiger partial charge >= 0.3 is 0 Å². The molecule has 0 bridgehead atoms. The van der Waals surface area contributed by atoms with Crippen LogP contribution in [0.25, 0.3) is 10.8 Å². The SMILES string of the molecule is COCC1(CNC(=O)COc2ccc3ccccc3c2)CCNCC1. The van der Waals surface area contributed by atoms with Gasteiger partial charge in [0.15, 0.2) is 6.61 Å². The molecule has 0 unspecified atom stereocenters. The first-order valence-electron chi connectivity index (χ1n) is 8.79. The average molecular weight is 342 g/mol. The first-order valence-corrected chi connectivity index (χ1v) is 8.79. The van der Waals surface area contributed by atoms with Crippen molar-refractivity contribution in [3.63, 3.8) is 0 Å². The van der Waals surface area contributed by atoms with E-state index in [1.165, 1.54) is 0 Å². The predicted octanol–water partition coefficient (Wildman–Crippen LogP) is 2.35. The van der Waals surface area contributed by atoms with Crippen LogP contribution in [-0.2, 0) is 9.53 Å². The summed E-state index contributed by atoms with van der Waals surface area (Å²) in [6.07, 6.45) is 2.01. The molecule has 1 heterocycles. The predicted molar refractivity (Wildman–Crippen MR) is 98.9 cm³/mol. The second kappa shape index (κ2) is 8.32. The molecule has 2 aromatic rings. The summed E-state index contributed by atoms with van der Waals surface area (Å²) in [5.41, 5.74) is 0.0264. The summed E-state index contributed by atoms with van der Waals surface area (Å²) in [6.45, 7) is 3.25. The maximum absolute atomic E-state index is 12.2. The molecule has 0 atom stereocenters. The van der Waals surface area contributed by atoms with Crippen molar-refractivity contribution in [2.75, 3.05) is 40.0 Å². The smallest absolute Gasteiger partial charge is 0.257 e. The van der Waals surface area contributed by atoms with Crippen LogP contribution in [0.3, 0.4) is 0 Å². The molecule has 134 valence electrons. The van der Waals surface area contributed by atoms with Gasteiger partial charge in [0.25, 0.3) is 5.91 Å². The zero-order valence-corrected chi connectivity index (χ0v) is 14.7. The van der Waals surface area contributed by atoms with E-state index in [1.54, 1.807) is 7.11 Å². The number of carbonyl (C=O) groups is 1. The van der Waals surface area contributed by atoms with Crippen molar-refractivity contribution in [3.8, 4) is 5.75 Å². The number of methoxy groups -OCH3 is 1. The van der Waals surface area contributed by atoms with Crippen molar-refractivity contribution in [1.29, 1.82) is 0 Å². The Labute approximate surface area is 148 Å². The van der Waals surface area contributed by atoms with Crippen LogP contribution in [0, 0.1) is 5.41 Å². The number of carbonyl (C=O) groups excluding carboxylic acids is 1. The Bertz CT molecular complexity index is 705. The summed E-state index contributed by atoms with van der Waals surface area (Å²) >= 11 is 0.